The van der Waals surface area contributed by atoms with Crippen molar-refractivity contribution < 1.29 is 14.3 Å². The number of benzene rings is 3. The molecule has 0 aliphatic rings. The summed E-state index contributed by atoms with van der Waals surface area (Å²) in [6.45, 7) is 6.16. The fraction of sp³-hybridized carbons (Fsp3) is 0.200. The largest absolute Gasteiger partial charge is 0.483 e. The summed E-state index contributed by atoms with van der Waals surface area (Å²) >= 11 is 0. The number of hydrogen-bond donors (Lipinski definition) is 1. The van der Waals surface area contributed by atoms with Gasteiger partial charge in [-0.05, 0) is 29.2 Å². The zero-order chi connectivity index (χ0) is 20.9. The highest BCUT2D eigenvalue weighted by molar-refractivity contribution is 6.13. The van der Waals surface area contributed by atoms with Gasteiger partial charge >= 0.3 is 0 Å². The van der Waals surface area contributed by atoms with Gasteiger partial charge in [-0.1, -0.05) is 81.4 Å². The number of ketones is 1. The molecule has 0 atom stereocenters. The summed E-state index contributed by atoms with van der Waals surface area (Å²) in [5, 5.41) is 2.80. The molecule has 0 saturated heterocycles. The molecule has 0 aliphatic carbocycles. The molecule has 3 aromatic rings. The molecular formula is C25H25NO3. The number of anilines is 1. The van der Waals surface area contributed by atoms with Crippen molar-refractivity contribution in [1.82, 2.24) is 0 Å². The Hall–Kier alpha value is -3.40. The number of carbonyl (C=O) groups is 2. The molecule has 1 amide bonds. The molecule has 0 saturated carbocycles. The first-order valence-corrected chi connectivity index (χ1v) is 9.57. The first kappa shape index (κ1) is 20.3. The van der Waals surface area contributed by atoms with Gasteiger partial charge in [0.25, 0.3) is 5.91 Å². The lowest BCUT2D eigenvalue weighted by atomic mass is 9.86. The van der Waals surface area contributed by atoms with Crippen LogP contribution in [-0.4, -0.2) is 18.3 Å². The first-order chi connectivity index (χ1) is 13.9. The number of rotatable bonds is 6. The van der Waals surface area contributed by atoms with Crippen LogP contribution in [-0.2, 0) is 10.2 Å². The SMILES string of the molecule is CC(C)(C)c1ccccc1OCC(=O)Nc1ccccc1C(=O)c1ccccc1. The quantitative estimate of drug-likeness (QED) is 0.589. The number of nitrogens with one attached hydrogen (secondary N) is 1. The maximum atomic E-state index is 12.8. The third-order valence-corrected chi connectivity index (χ3v) is 4.54. The second kappa shape index (κ2) is 8.74. The van der Waals surface area contributed by atoms with Crippen molar-refractivity contribution in [2.24, 2.45) is 0 Å². The van der Waals surface area contributed by atoms with E-state index < -0.39 is 0 Å². The van der Waals surface area contributed by atoms with Crippen molar-refractivity contribution in [3.8, 4) is 5.75 Å². The molecule has 148 valence electrons. The molecule has 4 nitrogen and oxygen atoms in total. The Balaban J connectivity index is 1.72. The molecular weight excluding hydrogens is 362 g/mol. The van der Waals surface area contributed by atoms with Gasteiger partial charge in [0, 0.05) is 11.1 Å². The highest BCUT2D eigenvalue weighted by Crippen LogP contribution is 2.31. The van der Waals surface area contributed by atoms with Gasteiger partial charge in [-0.2, -0.15) is 0 Å². The molecule has 0 heterocycles. The first-order valence-electron chi connectivity index (χ1n) is 9.57. The molecule has 1 N–H and O–H groups in total. The van der Waals surface area contributed by atoms with E-state index in [9.17, 15) is 9.59 Å². The van der Waals surface area contributed by atoms with Crippen molar-refractivity contribution in [2.45, 2.75) is 26.2 Å². The van der Waals surface area contributed by atoms with Crippen molar-refractivity contribution in [1.29, 1.82) is 0 Å². The maximum Gasteiger partial charge on any atom is 0.262 e. The van der Waals surface area contributed by atoms with E-state index in [-0.39, 0.29) is 23.7 Å². The summed E-state index contributed by atoms with van der Waals surface area (Å²) in [6.07, 6.45) is 0. The van der Waals surface area contributed by atoms with Gasteiger partial charge in [0.15, 0.2) is 12.4 Å². The second-order valence-corrected chi connectivity index (χ2v) is 7.82. The van der Waals surface area contributed by atoms with Crippen LogP contribution >= 0.6 is 0 Å². The van der Waals surface area contributed by atoms with Crippen LogP contribution in [0.3, 0.4) is 0 Å². The molecule has 0 bridgehead atoms. The molecule has 3 rings (SSSR count). The molecule has 4 heteroatoms. The molecule has 0 aliphatic heterocycles. The minimum absolute atomic E-state index is 0.0955. The Bertz CT molecular complexity index is 1000. The zero-order valence-electron chi connectivity index (χ0n) is 16.9. The summed E-state index contributed by atoms with van der Waals surface area (Å²) in [6, 6.07) is 23.7. The summed E-state index contributed by atoms with van der Waals surface area (Å²) < 4.78 is 5.79. The Labute approximate surface area is 171 Å². The normalized spacial score (nSPS) is 11.0. The molecule has 0 spiro atoms. The summed E-state index contributed by atoms with van der Waals surface area (Å²) in [5.74, 6) is 0.228. The van der Waals surface area contributed by atoms with Gasteiger partial charge in [-0.25, -0.2) is 0 Å². The Morgan fingerprint density at radius 3 is 2.17 bits per heavy atom. The van der Waals surface area contributed by atoms with Crippen molar-refractivity contribution in [3.63, 3.8) is 0 Å². The highest BCUT2D eigenvalue weighted by atomic mass is 16.5. The lowest BCUT2D eigenvalue weighted by Gasteiger charge is -2.22. The van der Waals surface area contributed by atoms with Crippen LogP contribution in [0.5, 0.6) is 5.75 Å². The Kier molecular flexibility index (Phi) is 6.13. The smallest absolute Gasteiger partial charge is 0.262 e. The van der Waals surface area contributed by atoms with Gasteiger partial charge in [-0.3, -0.25) is 9.59 Å². The highest BCUT2D eigenvalue weighted by Gasteiger charge is 2.19. The van der Waals surface area contributed by atoms with Crippen LogP contribution < -0.4 is 10.1 Å². The molecule has 0 unspecified atom stereocenters. The molecule has 0 fully saturated rings. The average Bonchev–Trinajstić information content (AvgIpc) is 2.72. The topological polar surface area (TPSA) is 55.4 Å². The van der Waals surface area contributed by atoms with E-state index in [2.05, 4.69) is 26.1 Å². The van der Waals surface area contributed by atoms with Crippen LogP contribution in [0.2, 0.25) is 0 Å². The monoisotopic (exact) mass is 387 g/mol. The standard InChI is InChI=1S/C25H25NO3/c1-25(2,3)20-14-8-10-16-22(20)29-17-23(27)26-21-15-9-7-13-19(21)24(28)18-11-5-4-6-12-18/h4-16H,17H2,1-3H3,(H,26,27). The van der Waals surface area contributed by atoms with Gasteiger partial charge in [0.2, 0.25) is 0 Å². The average molecular weight is 387 g/mol. The van der Waals surface area contributed by atoms with Crippen LogP contribution in [0.1, 0.15) is 42.3 Å². The van der Waals surface area contributed by atoms with Crippen LogP contribution in [0, 0.1) is 0 Å². The van der Waals surface area contributed by atoms with E-state index in [0.717, 1.165) is 5.56 Å². The summed E-state index contributed by atoms with van der Waals surface area (Å²) in [5.41, 5.74) is 2.43. The number of para-hydroxylation sites is 2. The van der Waals surface area contributed by atoms with E-state index in [1.54, 1.807) is 36.4 Å². The third kappa shape index (κ3) is 5.11. The predicted molar refractivity (Wildman–Crippen MR) is 116 cm³/mol. The molecule has 29 heavy (non-hydrogen) atoms. The van der Waals surface area contributed by atoms with Crippen molar-refractivity contribution in [3.05, 3.63) is 95.6 Å². The fourth-order valence-corrected chi connectivity index (χ4v) is 3.08. The van der Waals surface area contributed by atoms with Gasteiger partial charge in [0.1, 0.15) is 5.75 Å². The van der Waals surface area contributed by atoms with Gasteiger partial charge in [0.05, 0.1) is 5.69 Å². The van der Waals surface area contributed by atoms with E-state index in [4.69, 9.17) is 4.74 Å². The molecule has 0 radical (unpaired) electrons. The lowest BCUT2D eigenvalue weighted by molar-refractivity contribution is -0.118. The second-order valence-electron chi connectivity index (χ2n) is 7.82. The van der Waals surface area contributed by atoms with E-state index in [1.807, 2.05) is 42.5 Å². The van der Waals surface area contributed by atoms with Gasteiger partial charge in [-0.15, -0.1) is 0 Å². The van der Waals surface area contributed by atoms with Crippen LogP contribution in [0.4, 0.5) is 5.69 Å². The minimum Gasteiger partial charge on any atom is -0.483 e. The predicted octanol–water partition coefficient (Wildman–Crippen LogP) is 5.23. The summed E-state index contributed by atoms with van der Waals surface area (Å²) in [4.78, 5) is 25.3. The molecule has 0 aromatic heterocycles. The van der Waals surface area contributed by atoms with Crippen molar-refractivity contribution >= 4 is 17.4 Å². The van der Waals surface area contributed by atoms with E-state index in [0.29, 0.717) is 22.6 Å². The fourth-order valence-electron chi connectivity index (χ4n) is 3.08. The van der Waals surface area contributed by atoms with E-state index in [1.165, 1.54) is 0 Å². The van der Waals surface area contributed by atoms with Crippen molar-refractivity contribution in [2.75, 3.05) is 11.9 Å². The number of ether oxygens (including phenoxy) is 1. The zero-order valence-corrected chi connectivity index (χ0v) is 16.9. The van der Waals surface area contributed by atoms with Crippen LogP contribution in [0.25, 0.3) is 0 Å². The summed E-state index contributed by atoms with van der Waals surface area (Å²) in [7, 11) is 0. The third-order valence-electron chi connectivity index (χ3n) is 4.54. The number of hydrogen-bond acceptors (Lipinski definition) is 3. The maximum absolute atomic E-state index is 12.8. The Morgan fingerprint density at radius 2 is 1.45 bits per heavy atom. The van der Waals surface area contributed by atoms with Gasteiger partial charge < -0.3 is 10.1 Å². The Morgan fingerprint density at radius 1 is 0.828 bits per heavy atom. The number of amides is 1. The van der Waals surface area contributed by atoms with Crippen LogP contribution in [0.15, 0.2) is 78.9 Å². The molecule has 3 aromatic carbocycles. The minimum atomic E-state index is -0.318. The van der Waals surface area contributed by atoms with E-state index >= 15 is 0 Å². The lowest BCUT2D eigenvalue weighted by Crippen LogP contribution is -2.23. The number of carbonyl (C=O) groups excluding carboxylic acids is 2.